The van der Waals surface area contributed by atoms with Crippen LogP contribution in [0.25, 0.3) is 0 Å². The fraction of sp³-hybridized carbons (Fsp3) is 0.938. The molecule has 0 aliphatic heterocycles. The highest BCUT2D eigenvalue weighted by Gasteiger charge is 2.51. The molecular weight excluding hydrogens is 206 g/mol. The molecule has 94 valence electrons. The molecule has 0 heterocycles. The first-order valence-electron chi connectivity index (χ1n) is 7.42. The lowest BCUT2D eigenvalue weighted by Crippen LogP contribution is -2.49. The third-order valence-electron chi connectivity index (χ3n) is 6.30. The van der Waals surface area contributed by atoms with Crippen molar-refractivity contribution in [1.29, 1.82) is 5.26 Å². The molecule has 1 unspecified atom stereocenters. The van der Waals surface area contributed by atoms with Crippen molar-refractivity contribution in [2.75, 3.05) is 0 Å². The van der Waals surface area contributed by atoms with E-state index in [1.54, 1.807) is 0 Å². The minimum atomic E-state index is -0.139. The van der Waals surface area contributed by atoms with Gasteiger partial charge in [-0.05, 0) is 81.5 Å². The van der Waals surface area contributed by atoms with E-state index in [-0.39, 0.29) is 5.41 Å². The summed E-state index contributed by atoms with van der Waals surface area (Å²) in [5.74, 6) is 5.42. The molecule has 4 fully saturated rings. The van der Waals surface area contributed by atoms with Crippen molar-refractivity contribution in [2.24, 2.45) is 40.9 Å². The number of nitriles is 1. The Morgan fingerprint density at radius 2 is 1.47 bits per heavy atom. The monoisotopic (exact) mass is 231 g/mol. The van der Waals surface area contributed by atoms with Crippen LogP contribution in [0.5, 0.6) is 0 Å². The summed E-state index contributed by atoms with van der Waals surface area (Å²) in [6.45, 7) is 6.63. The van der Waals surface area contributed by atoms with Gasteiger partial charge in [-0.1, -0.05) is 6.92 Å². The van der Waals surface area contributed by atoms with Gasteiger partial charge in [-0.3, -0.25) is 0 Å². The molecule has 1 nitrogen and oxygen atoms in total. The molecule has 4 saturated carbocycles. The van der Waals surface area contributed by atoms with Gasteiger partial charge in [-0.25, -0.2) is 0 Å². The average molecular weight is 231 g/mol. The van der Waals surface area contributed by atoms with E-state index in [9.17, 15) is 5.26 Å². The normalized spacial score (nSPS) is 45.6. The van der Waals surface area contributed by atoms with Gasteiger partial charge in [0.15, 0.2) is 0 Å². The van der Waals surface area contributed by atoms with Crippen LogP contribution in [0.1, 0.15) is 52.9 Å². The molecule has 1 atom stereocenters. The number of hydrogen-bond donors (Lipinski definition) is 0. The van der Waals surface area contributed by atoms with E-state index >= 15 is 0 Å². The van der Waals surface area contributed by atoms with Crippen molar-refractivity contribution < 1.29 is 0 Å². The summed E-state index contributed by atoms with van der Waals surface area (Å²) < 4.78 is 0. The van der Waals surface area contributed by atoms with Crippen LogP contribution in [0.4, 0.5) is 0 Å². The van der Waals surface area contributed by atoms with Gasteiger partial charge in [0.25, 0.3) is 0 Å². The second-order valence-corrected chi connectivity index (χ2v) is 7.63. The van der Waals surface area contributed by atoms with Crippen LogP contribution in [-0.2, 0) is 0 Å². The van der Waals surface area contributed by atoms with E-state index in [4.69, 9.17) is 0 Å². The van der Waals surface area contributed by atoms with Crippen LogP contribution in [0.3, 0.4) is 0 Å². The smallest absolute Gasteiger partial charge is 0.0686 e. The van der Waals surface area contributed by atoms with E-state index in [1.807, 2.05) is 0 Å². The van der Waals surface area contributed by atoms with Crippen molar-refractivity contribution in [3.63, 3.8) is 0 Å². The lowest BCUT2D eigenvalue weighted by molar-refractivity contribution is -0.0735. The molecule has 0 N–H and O–H groups in total. The lowest BCUT2D eigenvalue weighted by atomic mass is 9.48. The average Bonchev–Trinajstić information content (AvgIpc) is 2.27. The molecule has 17 heavy (non-hydrogen) atoms. The second kappa shape index (κ2) is 3.74. The van der Waals surface area contributed by atoms with Crippen LogP contribution < -0.4 is 0 Å². The number of nitrogens with zero attached hydrogens (tertiary/aromatic N) is 1. The zero-order valence-corrected chi connectivity index (χ0v) is 11.4. The summed E-state index contributed by atoms with van der Waals surface area (Å²) in [5, 5.41) is 9.37. The van der Waals surface area contributed by atoms with Gasteiger partial charge >= 0.3 is 0 Å². The minimum Gasteiger partial charge on any atom is -0.198 e. The Morgan fingerprint density at radius 3 is 1.88 bits per heavy atom. The van der Waals surface area contributed by atoms with Gasteiger partial charge in [0, 0.05) is 0 Å². The first-order chi connectivity index (χ1) is 8.01. The third kappa shape index (κ3) is 1.72. The predicted octanol–water partition coefficient (Wildman–Crippen LogP) is 4.24. The molecule has 4 aliphatic carbocycles. The SMILES string of the molecule is CC(C1C2CC3CC(C2)CC1C3)C(C)(C)C#N. The van der Waals surface area contributed by atoms with Crippen LogP contribution in [-0.4, -0.2) is 0 Å². The highest BCUT2D eigenvalue weighted by atomic mass is 14.6. The van der Waals surface area contributed by atoms with Crippen LogP contribution >= 0.6 is 0 Å². The zero-order valence-electron chi connectivity index (χ0n) is 11.4. The summed E-state index contributed by atoms with van der Waals surface area (Å²) in [6.07, 6.45) is 7.43. The maximum atomic E-state index is 9.37. The quantitative estimate of drug-likeness (QED) is 0.697. The van der Waals surface area contributed by atoms with Crippen LogP contribution in [0.15, 0.2) is 0 Å². The van der Waals surface area contributed by atoms with Crippen molar-refractivity contribution in [3.8, 4) is 6.07 Å². The fourth-order valence-electron chi connectivity index (χ4n) is 5.37. The first-order valence-corrected chi connectivity index (χ1v) is 7.42. The summed E-state index contributed by atoms with van der Waals surface area (Å²) in [5.41, 5.74) is -0.139. The molecule has 4 bridgehead atoms. The summed E-state index contributed by atoms with van der Waals surface area (Å²) >= 11 is 0. The lowest BCUT2D eigenvalue weighted by Gasteiger charge is -2.57. The Labute approximate surface area is 106 Å². The van der Waals surface area contributed by atoms with Gasteiger partial charge in [0.05, 0.1) is 11.5 Å². The van der Waals surface area contributed by atoms with E-state index in [2.05, 4.69) is 26.8 Å². The molecule has 0 aromatic rings. The standard InChI is InChI=1S/C16H25N/c1-10(16(2,3)9-17)15-13-5-11-4-12(7-13)8-14(15)6-11/h10-15H,4-8H2,1-3H3. The third-order valence-corrected chi connectivity index (χ3v) is 6.30. The maximum absolute atomic E-state index is 9.37. The molecule has 0 amide bonds. The molecule has 4 rings (SSSR count). The molecular formula is C16H25N. The molecule has 0 aromatic heterocycles. The topological polar surface area (TPSA) is 23.8 Å². The van der Waals surface area contributed by atoms with E-state index in [0.717, 1.165) is 29.6 Å². The van der Waals surface area contributed by atoms with Gasteiger partial charge < -0.3 is 0 Å². The van der Waals surface area contributed by atoms with E-state index < -0.39 is 0 Å². The number of rotatable bonds is 2. The Balaban J connectivity index is 1.83. The van der Waals surface area contributed by atoms with Crippen molar-refractivity contribution in [2.45, 2.75) is 52.9 Å². The molecule has 0 spiro atoms. The number of hydrogen-bond acceptors (Lipinski definition) is 1. The Hall–Kier alpha value is -0.510. The fourth-order valence-corrected chi connectivity index (χ4v) is 5.37. The summed E-state index contributed by atoms with van der Waals surface area (Å²) in [6, 6.07) is 2.55. The van der Waals surface area contributed by atoms with Crippen molar-refractivity contribution in [3.05, 3.63) is 0 Å². The Bertz CT molecular complexity index is 321. The van der Waals surface area contributed by atoms with Gasteiger partial charge in [-0.2, -0.15) is 5.26 Å². The second-order valence-electron chi connectivity index (χ2n) is 7.63. The van der Waals surface area contributed by atoms with Crippen LogP contribution in [0.2, 0.25) is 0 Å². The Kier molecular flexibility index (Phi) is 2.55. The molecule has 0 aromatic carbocycles. The summed E-state index contributed by atoms with van der Waals surface area (Å²) in [7, 11) is 0. The largest absolute Gasteiger partial charge is 0.198 e. The predicted molar refractivity (Wildman–Crippen MR) is 69.1 cm³/mol. The zero-order chi connectivity index (χ0) is 12.2. The molecule has 0 radical (unpaired) electrons. The molecule has 0 saturated heterocycles. The van der Waals surface area contributed by atoms with Gasteiger partial charge in [-0.15, -0.1) is 0 Å². The highest BCUT2D eigenvalue weighted by Crippen LogP contribution is 2.60. The minimum absolute atomic E-state index is 0.139. The molecule has 4 aliphatic rings. The maximum Gasteiger partial charge on any atom is 0.0686 e. The van der Waals surface area contributed by atoms with Crippen molar-refractivity contribution in [1.82, 2.24) is 0 Å². The highest BCUT2D eigenvalue weighted by molar-refractivity contribution is 5.05. The van der Waals surface area contributed by atoms with E-state index in [0.29, 0.717) is 5.92 Å². The Morgan fingerprint density at radius 1 is 1.00 bits per heavy atom. The first kappa shape index (κ1) is 11.6. The van der Waals surface area contributed by atoms with Crippen LogP contribution in [0, 0.1) is 52.3 Å². The van der Waals surface area contributed by atoms with Crippen molar-refractivity contribution >= 4 is 0 Å². The summed E-state index contributed by atoms with van der Waals surface area (Å²) in [4.78, 5) is 0. The van der Waals surface area contributed by atoms with E-state index in [1.165, 1.54) is 32.1 Å². The molecule has 1 heteroatoms. The van der Waals surface area contributed by atoms with Gasteiger partial charge in [0.1, 0.15) is 0 Å². The van der Waals surface area contributed by atoms with Gasteiger partial charge in [0.2, 0.25) is 0 Å².